The van der Waals surface area contributed by atoms with Crippen LogP contribution in [0.4, 0.5) is 5.13 Å². The van der Waals surface area contributed by atoms with E-state index >= 15 is 0 Å². The van der Waals surface area contributed by atoms with Crippen LogP contribution >= 0.6 is 11.3 Å². The van der Waals surface area contributed by atoms with Gasteiger partial charge in [-0.15, -0.1) is 10.2 Å². The molecule has 2 aromatic heterocycles. The van der Waals surface area contributed by atoms with Gasteiger partial charge >= 0.3 is 0 Å². The van der Waals surface area contributed by atoms with Crippen molar-refractivity contribution in [2.45, 2.75) is 6.54 Å². The Morgan fingerprint density at radius 1 is 0.871 bits per heavy atom. The van der Waals surface area contributed by atoms with E-state index in [9.17, 15) is 14.4 Å². The number of rotatable bonds is 5. The van der Waals surface area contributed by atoms with Crippen LogP contribution in [0.1, 0.15) is 36.1 Å². The minimum Gasteiger partial charge on any atom is -0.324 e. The predicted molar refractivity (Wildman–Crippen MR) is 114 cm³/mol. The van der Waals surface area contributed by atoms with Crippen LogP contribution in [-0.2, 0) is 6.54 Å². The SMILES string of the molecule is O=C(Nc1nnc(CN2C(=O)c3ccccc3C2=O)s1)c1ccc(-n2cccc2)cc1. The molecule has 1 aliphatic heterocycles. The van der Waals surface area contributed by atoms with Crippen LogP contribution in [0.25, 0.3) is 5.69 Å². The molecule has 0 saturated carbocycles. The van der Waals surface area contributed by atoms with Gasteiger partial charge in [-0.1, -0.05) is 23.5 Å². The van der Waals surface area contributed by atoms with Crippen molar-refractivity contribution in [1.82, 2.24) is 19.7 Å². The smallest absolute Gasteiger partial charge is 0.261 e. The molecule has 31 heavy (non-hydrogen) atoms. The summed E-state index contributed by atoms with van der Waals surface area (Å²) in [6.45, 7) is 0.00541. The predicted octanol–water partition coefficient (Wildman–Crippen LogP) is 3.38. The zero-order valence-electron chi connectivity index (χ0n) is 16.1. The average Bonchev–Trinajstić information content (AvgIpc) is 3.53. The molecule has 0 spiro atoms. The number of benzene rings is 2. The second kappa shape index (κ2) is 7.62. The Kier molecular flexibility index (Phi) is 4.64. The molecule has 5 rings (SSSR count). The molecule has 9 heteroatoms. The van der Waals surface area contributed by atoms with E-state index in [2.05, 4.69) is 15.5 Å². The van der Waals surface area contributed by atoms with Crippen LogP contribution < -0.4 is 5.32 Å². The highest BCUT2D eigenvalue weighted by molar-refractivity contribution is 7.15. The molecule has 1 N–H and O–H groups in total. The molecule has 0 atom stereocenters. The summed E-state index contributed by atoms with van der Waals surface area (Å²) in [6.07, 6.45) is 3.85. The highest BCUT2D eigenvalue weighted by atomic mass is 32.1. The van der Waals surface area contributed by atoms with E-state index in [-0.39, 0.29) is 24.3 Å². The zero-order chi connectivity index (χ0) is 21.4. The summed E-state index contributed by atoms with van der Waals surface area (Å²) in [5.41, 5.74) is 2.19. The summed E-state index contributed by atoms with van der Waals surface area (Å²) in [5.74, 6) is -1.03. The van der Waals surface area contributed by atoms with Crippen molar-refractivity contribution in [2.75, 3.05) is 5.32 Å². The van der Waals surface area contributed by atoms with Gasteiger partial charge in [-0.3, -0.25) is 24.6 Å². The molecule has 8 nitrogen and oxygen atoms in total. The topological polar surface area (TPSA) is 97.2 Å². The van der Waals surface area contributed by atoms with Gasteiger partial charge in [0, 0.05) is 23.6 Å². The second-order valence-corrected chi connectivity index (χ2v) is 7.90. The third-order valence-corrected chi connectivity index (χ3v) is 5.71. The molecule has 3 amide bonds. The summed E-state index contributed by atoms with van der Waals surface area (Å²) in [6, 6.07) is 17.7. The van der Waals surface area contributed by atoms with Gasteiger partial charge in [-0.05, 0) is 48.5 Å². The van der Waals surface area contributed by atoms with Crippen LogP contribution in [0.2, 0.25) is 0 Å². The van der Waals surface area contributed by atoms with Crippen LogP contribution in [0, 0.1) is 0 Å². The van der Waals surface area contributed by atoms with Gasteiger partial charge in [-0.25, -0.2) is 0 Å². The van der Waals surface area contributed by atoms with Crippen molar-refractivity contribution >= 4 is 34.2 Å². The quantitative estimate of drug-likeness (QED) is 0.491. The van der Waals surface area contributed by atoms with Gasteiger partial charge in [0.2, 0.25) is 5.13 Å². The molecule has 3 heterocycles. The van der Waals surface area contributed by atoms with Gasteiger partial charge in [0.05, 0.1) is 17.7 Å². The minimum atomic E-state index is -0.357. The van der Waals surface area contributed by atoms with Gasteiger partial charge in [0.15, 0.2) is 0 Å². The number of amides is 3. The number of nitrogens with zero attached hydrogens (tertiary/aromatic N) is 4. The van der Waals surface area contributed by atoms with Crippen molar-refractivity contribution in [1.29, 1.82) is 0 Å². The number of carbonyl (C=O) groups is 3. The van der Waals surface area contributed by atoms with Gasteiger partial charge < -0.3 is 4.57 Å². The molecule has 1 aliphatic rings. The summed E-state index contributed by atoms with van der Waals surface area (Å²) in [4.78, 5) is 38.6. The number of hydrogen-bond donors (Lipinski definition) is 1. The Balaban J connectivity index is 1.26. The number of aromatic nitrogens is 3. The Morgan fingerprint density at radius 3 is 2.16 bits per heavy atom. The first kappa shape index (κ1) is 18.9. The van der Waals surface area contributed by atoms with E-state index in [1.807, 2.05) is 41.2 Å². The van der Waals surface area contributed by atoms with Crippen molar-refractivity contribution < 1.29 is 14.4 Å². The minimum absolute atomic E-state index is 0.00541. The van der Waals surface area contributed by atoms with E-state index in [4.69, 9.17) is 0 Å². The fourth-order valence-corrected chi connectivity index (χ4v) is 4.07. The number of carbonyl (C=O) groups excluding carboxylic acids is 3. The highest BCUT2D eigenvalue weighted by Gasteiger charge is 2.35. The molecule has 4 aromatic rings. The Labute approximate surface area is 180 Å². The number of nitrogens with one attached hydrogen (secondary N) is 1. The Hall–Kier alpha value is -4.11. The third-order valence-electron chi connectivity index (χ3n) is 4.89. The molecule has 0 bridgehead atoms. The maximum Gasteiger partial charge on any atom is 0.261 e. The lowest BCUT2D eigenvalue weighted by Crippen LogP contribution is -2.29. The number of imide groups is 1. The van der Waals surface area contributed by atoms with E-state index < -0.39 is 0 Å². The van der Waals surface area contributed by atoms with Crippen molar-refractivity contribution in [3.8, 4) is 5.69 Å². The van der Waals surface area contributed by atoms with E-state index in [1.54, 1.807) is 36.4 Å². The number of anilines is 1. The van der Waals surface area contributed by atoms with Crippen molar-refractivity contribution in [3.05, 3.63) is 94.8 Å². The van der Waals surface area contributed by atoms with Gasteiger partial charge in [0.1, 0.15) is 5.01 Å². The molecule has 0 aliphatic carbocycles. The lowest BCUT2D eigenvalue weighted by atomic mass is 10.1. The van der Waals surface area contributed by atoms with E-state index in [0.717, 1.165) is 21.9 Å². The van der Waals surface area contributed by atoms with Crippen LogP contribution in [-0.4, -0.2) is 37.4 Å². The fraction of sp³-hybridized carbons (Fsp3) is 0.0455. The molecule has 0 unspecified atom stereocenters. The lowest BCUT2D eigenvalue weighted by Gasteiger charge is -2.10. The number of hydrogen-bond acceptors (Lipinski definition) is 6. The summed E-state index contributed by atoms with van der Waals surface area (Å²) in [5, 5.41) is 11.4. The molecule has 2 aromatic carbocycles. The standard InChI is InChI=1S/C22H15N5O3S/c28-19(14-7-9-15(10-8-14)26-11-3-4-12-26)23-22-25-24-18(31-22)13-27-20(29)16-5-1-2-6-17(16)21(27)30/h1-12H,13H2,(H,23,25,28). The van der Waals surface area contributed by atoms with Crippen molar-refractivity contribution in [2.24, 2.45) is 0 Å². The zero-order valence-corrected chi connectivity index (χ0v) is 16.9. The average molecular weight is 429 g/mol. The van der Waals surface area contributed by atoms with Crippen molar-refractivity contribution in [3.63, 3.8) is 0 Å². The van der Waals surface area contributed by atoms with E-state index in [1.165, 1.54) is 0 Å². The molecule has 0 saturated heterocycles. The molecular formula is C22H15N5O3S. The van der Waals surface area contributed by atoms with Gasteiger partial charge in [0.25, 0.3) is 17.7 Å². The second-order valence-electron chi connectivity index (χ2n) is 6.83. The first-order chi connectivity index (χ1) is 15.1. The maximum atomic E-state index is 12.5. The molecule has 0 fully saturated rings. The normalized spacial score (nSPS) is 12.8. The first-order valence-electron chi connectivity index (χ1n) is 9.42. The fourth-order valence-electron chi connectivity index (χ4n) is 3.35. The van der Waals surface area contributed by atoms with Crippen LogP contribution in [0.15, 0.2) is 73.1 Å². The van der Waals surface area contributed by atoms with E-state index in [0.29, 0.717) is 26.8 Å². The molecule has 0 radical (unpaired) electrons. The molecular weight excluding hydrogens is 414 g/mol. The third kappa shape index (κ3) is 3.51. The summed E-state index contributed by atoms with van der Waals surface area (Å²) in [7, 11) is 0. The summed E-state index contributed by atoms with van der Waals surface area (Å²) < 4.78 is 1.94. The Morgan fingerprint density at radius 2 is 1.52 bits per heavy atom. The largest absolute Gasteiger partial charge is 0.324 e. The summed E-state index contributed by atoms with van der Waals surface area (Å²) >= 11 is 1.12. The first-order valence-corrected chi connectivity index (χ1v) is 10.2. The van der Waals surface area contributed by atoms with Crippen LogP contribution in [0.3, 0.4) is 0 Å². The maximum absolute atomic E-state index is 12.5. The number of fused-ring (bicyclic) bond motifs is 1. The lowest BCUT2D eigenvalue weighted by molar-refractivity contribution is 0.0641. The monoisotopic (exact) mass is 429 g/mol. The van der Waals surface area contributed by atoms with Crippen LogP contribution in [0.5, 0.6) is 0 Å². The highest BCUT2D eigenvalue weighted by Crippen LogP contribution is 2.26. The Bertz CT molecular complexity index is 1260. The van der Waals surface area contributed by atoms with Gasteiger partial charge in [-0.2, -0.15) is 0 Å². The molecule has 152 valence electrons.